The van der Waals surface area contributed by atoms with Crippen LogP contribution in [0, 0.1) is 0 Å². The molecule has 0 aromatic carbocycles. The van der Waals surface area contributed by atoms with Gasteiger partial charge < -0.3 is 23.4 Å². The molecule has 0 aliphatic heterocycles. The highest BCUT2D eigenvalue weighted by Crippen LogP contribution is 2.38. The molecule has 0 amide bonds. The summed E-state index contributed by atoms with van der Waals surface area (Å²) in [5.41, 5.74) is 0. The number of hydrogen-bond acceptors (Lipinski definition) is 6. The van der Waals surface area contributed by atoms with E-state index < -0.39 is 13.9 Å². The highest BCUT2D eigenvalue weighted by molar-refractivity contribution is 7.45. The Balaban J connectivity index is 1.98. The van der Waals surface area contributed by atoms with Crippen molar-refractivity contribution in [3.63, 3.8) is 0 Å². The Morgan fingerprint density at radius 2 is 1.28 bits per heavy atom. The van der Waals surface area contributed by atoms with Crippen LogP contribution < -0.4 is 9.46 Å². The Bertz CT molecular complexity index is 648. The first kappa shape index (κ1) is 33.2. The third-order valence-electron chi connectivity index (χ3n) is 6.14. The van der Waals surface area contributed by atoms with E-state index in [-0.39, 0.29) is 13.2 Å². The summed E-state index contributed by atoms with van der Waals surface area (Å²) in [7, 11) is -4.38. The van der Waals surface area contributed by atoms with Crippen LogP contribution in [0.2, 0.25) is 0 Å². The second-order valence-corrected chi connectivity index (χ2v) is 10.8. The summed E-state index contributed by atoms with van der Waals surface area (Å²) in [6.07, 6.45) is 21.8. The Morgan fingerprint density at radius 3 is 1.83 bits per heavy atom. The maximum absolute atomic E-state index is 12.0. The number of aromatic nitrogens is 1. The van der Waals surface area contributed by atoms with Gasteiger partial charge in [-0.05, 0) is 13.3 Å². The Morgan fingerprint density at radius 1 is 0.722 bits per heavy atom. The normalized spacial score (nSPS) is 14.1. The van der Waals surface area contributed by atoms with Gasteiger partial charge in [0.2, 0.25) is 0 Å². The van der Waals surface area contributed by atoms with E-state index in [9.17, 15) is 9.46 Å². The molecule has 0 aliphatic rings. The molecule has 0 radical (unpaired) electrons. The number of nitrogens with zero attached hydrogens (tertiary/aromatic N) is 1. The summed E-state index contributed by atoms with van der Waals surface area (Å²) in [4.78, 5) is 12.0. The second kappa shape index (κ2) is 23.3. The molecule has 0 saturated carbocycles. The predicted octanol–water partition coefficient (Wildman–Crippen LogP) is 6.38. The molecule has 0 N–H and O–H groups in total. The molecule has 8 heteroatoms. The summed E-state index contributed by atoms with van der Waals surface area (Å²) in [6.45, 7) is 5.90. The SMILES string of the molecule is CCCCCCCCCCCCCCCCOC[C@H](COP(=O)([O-])OCC[n+]1ccccc1)OCC. The fraction of sp³-hybridized carbons (Fsp3) is 0.821. The van der Waals surface area contributed by atoms with Gasteiger partial charge in [-0.2, -0.15) is 0 Å². The van der Waals surface area contributed by atoms with Crippen molar-refractivity contribution in [3.8, 4) is 0 Å². The number of rotatable bonds is 26. The van der Waals surface area contributed by atoms with Crippen molar-refractivity contribution in [3.05, 3.63) is 30.6 Å². The maximum atomic E-state index is 12.0. The van der Waals surface area contributed by atoms with Gasteiger partial charge in [0.15, 0.2) is 18.9 Å². The first-order chi connectivity index (χ1) is 17.6. The molecule has 1 rings (SSSR count). The van der Waals surface area contributed by atoms with Gasteiger partial charge >= 0.3 is 0 Å². The minimum absolute atomic E-state index is 0.0182. The van der Waals surface area contributed by atoms with E-state index in [1.54, 1.807) is 0 Å². The number of hydrogen-bond donors (Lipinski definition) is 0. The Labute approximate surface area is 220 Å². The summed E-state index contributed by atoms with van der Waals surface area (Å²) in [5.74, 6) is 0. The van der Waals surface area contributed by atoms with Crippen LogP contribution in [0.15, 0.2) is 30.6 Å². The van der Waals surface area contributed by atoms with E-state index in [1.807, 2.05) is 42.1 Å². The third-order valence-corrected chi connectivity index (χ3v) is 7.11. The quantitative estimate of drug-likeness (QED) is 0.0787. The largest absolute Gasteiger partial charge is 0.756 e. The number of phosphoric acid groups is 1. The number of unbranched alkanes of at least 4 members (excludes halogenated alkanes) is 13. The summed E-state index contributed by atoms with van der Waals surface area (Å²) in [6, 6.07) is 5.64. The molecule has 2 atom stereocenters. The molecular formula is C28H52NO6P. The fourth-order valence-corrected chi connectivity index (χ4v) is 4.78. The van der Waals surface area contributed by atoms with Crippen molar-refractivity contribution >= 4 is 7.82 Å². The second-order valence-electron chi connectivity index (χ2n) is 9.44. The van der Waals surface area contributed by atoms with Gasteiger partial charge in [-0.15, -0.1) is 0 Å². The van der Waals surface area contributed by atoms with Crippen LogP contribution in [0.3, 0.4) is 0 Å². The molecule has 0 fully saturated rings. The molecular weight excluding hydrogens is 477 g/mol. The van der Waals surface area contributed by atoms with Gasteiger partial charge in [0.25, 0.3) is 7.82 Å². The molecule has 0 spiro atoms. The summed E-state index contributed by atoms with van der Waals surface area (Å²) < 4.78 is 35.1. The van der Waals surface area contributed by atoms with E-state index >= 15 is 0 Å². The third kappa shape index (κ3) is 20.3. The maximum Gasteiger partial charge on any atom is 0.268 e. The highest BCUT2D eigenvalue weighted by Gasteiger charge is 2.16. The topological polar surface area (TPSA) is 80.9 Å². The van der Waals surface area contributed by atoms with Crippen LogP contribution in [-0.2, 0) is 29.6 Å². The minimum Gasteiger partial charge on any atom is -0.756 e. The van der Waals surface area contributed by atoms with E-state index in [1.165, 1.54) is 77.0 Å². The minimum atomic E-state index is -4.38. The molecule has 210 valence electrons. The lowest BCUT2D eigenvalue weighted by Gasteiger charge is -2.25. The molecule has 0 bridgehead atoms. The zero-order valence-electron chi connectivity index (χ0n) is 23.0. The van der Waals surface area contributed by atoms with Crippen LogP contribution in [0.25, 0.3) is 0 Å². The average Bonchev–Trinajstić information content (AvgIpc) is 2.87. The zero-order valence-corrected chi connectivity index (χ0v) is 23.8. The highest BCUT2D eigenvalue weighted by atomic mass is 31.2. The van der Waals surface area contributed by atoms with Gasteiger partial charge in [-0.3, -0.25) is 4.57 Å². The van der Waals surface area contributed by atoms with Crippen LogP contribution >= 0.6 is 7.82 Å². The predicted molar refractivity (Wildman–Crippen MR) is 143 cm³/mol. The molecule has 1 heterocycles. The molecule has 0 aliphatic carbocycles. The first-order valence-corrected chi connectivity index (χ1v) is 15.8. The zero-order chi connectivity index (χ0) is 26.2. The van der Waals surface area contributed by atoms with E-state index in [0.717, 1.165) is 12.8 Å². The average molecular weight is 530 g/mol. The molecule has 1 unspecified atom stereocenters. The van der Waals surface area contributed by atoms with Crippen molar-refractivity contribution in [1.29, 1.82) is 0 Å². The van der Waals surface area contributed by atoms with Crippen LogP contribution in [0.4, 0.5) is 0 Å². The van der Waals surface area contributed by atoms with Crippen LogP contribution in [0.1, 0.15) is 104 Å². The standard InChI is InChI=1S/C28H52NO6P/c1-3-5-6-7-8-9-10-11-12-13-14-15-16-20-24-32-26-28(33-4-2)27-35-36(30,31)34-25-23-29-21-18-17-19-22-29/h17-19,21-22,28H,3-16,20,23-27H2,1-2H3/t28-/m1/s1. The summed E-state index contributed by atoms with van der Waals surface area (Å²) in [5, 5.41) is 0. The number of ether oxygens (including phenoxy) is 2. The lowest BCUT2D eigenvalue weighted by Crippen LogP contribution is -2.35. The van der Waals surface area contributed by atoms with Crippen molar-refractivity contribution in [2.24, 2.45) is 0 Å². The van der Waals surface area contributed by atoms with Gasteiger partial charge in [0, 0.05) is 25.3 Å². The van der Waals surface area contributed by atoms with Crippen molar-refractivity contribution in [1.82, 2.24) is 0 Å². The Hall–Kier alpha value is -0.820. The van der Waals surface area contributed by atoms with E-state index in [0.29, 0.717) is 26.4 Å². The van der Waals surface area contributed by atoms with Crippen molar-refractivity contribution < 1.29 is 32.5 Å². The first-order valence-electron chi connectivity index (χ1n) is 14.3. The van der Waals surface area contributed by atoms with Crippen LogP contribution in [0.5, 0.6) is 0 Å². The number of pyridine rings is 1. The van der Waals surface area contributed by atoms with E-state index in [2.05, 4.69) is 6.92 Å². The van der Waals surface area contributed by atoms with Gasteiger partial charge in [0.1, 0.15) is 12.7 Å². The van der Waals surface area contributed by atoms with Gasteiger partial charge in [-0.25, -0.2) is 4.57 Å². The summed E-state index contributed by atoms with van der Waals surface area (Å²) >= 11 is 0. The molecule has 1 aromatic rings. The lowest BCUT2D eigenvalue weighted by molar-refractivity contribution is -0.697. The smallest absolute Gasteiger partial charge is 0.268 e. The molecule has 7 nitrogen and oxygen atoms in total. The van der Waals surface area contributed by atoms with Crippen molar-refractivity contribution in [2.45, 2.75) is 116 Å². The van der Waals surface area contributed by atoms with Crippen LogP contribution in [-0.4, -0.2) is 39.1 Å². The lowest BCUT2D eigenvalue weighted by atomic mass is 10.0. The number of phosphoric ester groups is 1. The molecule has 1 aromatic heterocycles. The van der Waals surface area contributed by atoms with Gasteiger partial charge in [0.05, 0.1) is 13.2 Å². The monoisotopic (exact) mass is 529 g/mol. The molecule has 0 saturated heterocycles. The van der Waals surface area contributed by atoms with Gasteiger partial charge in [-0.1, -0.05) is 96.5 Å². The Kier molecular flexibility index (Phi) is 21.5. The van der Waals surface area contributed by atoms with E-state index in [4.69, 9.17) is 18.5 Å². The molecule has 36 heavy (non-hydrogen) atoms. The van der Waals surface area contributed by atoms with Crippen molar-refractivity contribution in [2.75, 3.05) is 33.0 Å². The fourth-order valence-electron chi connectivity index (χ4n) is 4.05.